The Morgan fingerprint density at radius 3 is 3.10 bits per heavy atom. The van der Waals surface area contributed by atoms with Crippen LogP contribution in [0.15, 0.2) is 23.8 Å². The molecule has 1 N–H and O–H groups in total. The van der Waals surface area contributed by atoms with E-state index in [2.05, 4.69) is 37.4 Å². The van der Waals surface area contributed by atoms with E-state index < -0.39 is 0 Å². The lowest BCUT2D eigenvalue weighted by Crippen LogP contribution is -2.62. The van der Waals surface area contributed by atoms with Gasteiger partial charge >= 0.3 is 0 Å². The summed E-state index contributed by atoms with van der Waals surface area (Å²) < 4.78 is 6.53. The summed E-state index contributed by atoms with van der Waals surface area (Å²) in [5, 5.41) is 3.77. The molecule has 1 aromatic rings. The van der Waals surface area contributed by atoms with Gasteiger partial charge in [-0.1, -0.05) is 18.2 Å². The molecule has 5 rings (SSSR count). The maximum absolute atomic E-state index is 6.53. The van der Waals surface area contributed by atoms with Crippen LogP contribution in [0.4, 0.5) is 0 Å². The number of nitrogens with one attached hydrogen (secondary N) is 1. The van der Waals surface area contributed by atoms with E-state index in [0.717, 1.165) is 12.5 Å². The van der Waals surface area contributed by atoms with Crippen LogP contribution in [0.3, 0.4) is 0 Å². The van der Waals surface area contributed by atoms with Gasteiger partial charge in [0, 0.05) is 17.0 Å². The molecular formula is C18H21NO. The highest BCUT2D eigenvalue weighted by Gasteiger charge is 2.61. The van der Waals surface area contributed by atoms with Crippen molar-refractivity contribution in [3.8, 4) is 5.75 Å². The minimum atomic E-state index is 0.268. The topological polar surface area (TPSA) is 21.3 Å². The Kier molecular flexibility index (Phi) is 1.98. The summed E-state index contributed by atoms with van der Waals surface area (Å²) in [5.41, 5.74) is 6.15. The maximum atomic E-state index is 6.53. The molecule has 0 amide bonds. The van der Waals surface area contributed by atoms with Crippen molar-refractivity contribution in [2.45, 2.75) is 50.7 Å². The minimum absolute atomic E-state index is 0.268. The summed E-state index contributed by atoms with van der Waals surface area (Å²) in [6, 6.07) is 5.24. The van der Waals surface area contributed by atoms with Crippen LogP contribution in [-0.4, -0.2) is 18.7 Å². The second-order valence-electron chi connectivity index (χ2n) is 7.09. The monoisotopic (exact) mass is 267 g/mol. The van der Waals surface area contributed by atoms with Crippen LogP contribution in [-0.2, 0) is 11.8 Å². The first kappa shape index (κ1) is 11.4. The van der Waals surface area contributed by atoms with E-state index in [-0.39, 0.29) is 5.41 Å². The lowest BCUT2D eigenvalue weighted by Gasteiger charge is -2.54. The molecule has 4 atom stereocenters. The number of allylic oxidation sites excluding steroid dienone is 1. The molecule has 0 saturated carbocycles. The molecule has 0 radical (unpaired) electrons. The number of hydrogen-bond donors (Lipinski definition) is 1. The molecule has 0 aromatic heterocycles. The smallest absolute Gasteiger partial charge is 0.130 e. The predicted octanol–water partition coefficient (Wildman–Crippen LogP) is 2.88. The second-order valence-corrected chi connectivity index (χ2v) is 7.09. The Morgan fingerprint density at radius 1 is 1.30 bits per heavy atom. The molecule has 2 heterocycles. The second kappa shape index (κ2) is 3.48. The average molecular weight is 267 g/mol. The summed E-state index contributed by atoms with van der Waals surface area (Å²) in [7, 11) is 0. The van der Waals surface area contributed by atoms with Gasteiger partial charge in [-0.25, -0.2) is 0 Å². The Hall–Kier alpha value is -1.28. The first-order chi connectivity index (χ1) is 9.72. The Morgan fingerprint density at radius 2 is 2.20 bits per heavy atom. The molecular weight excluding hydrogens is 246 g/mol. The van der Waals surface area contributed by atoms with E-state index in [1.165, 1.54) is 41.7 Å². The van der Waals surface area contributed by atoms with Crippen molar-refractivity contribution in [3.05, 3.63) is 40.5 Å². The third-order valence-corrected chi connectivity index (χ3v) is 6.25. The number of hydrogen-bond acceptors (Lipinski definition) is 2. The van der Waals surface area contributed by atoms with Crippen LogP contribution in [0.2, 0.25) is 0 Å². The number of aryl methyl sites for hydroxylation is 1. The van der Waals surface area contributed by atoms with E-state index in [9.17, 15) is 0 Å². The van der Waals surface area contributed by atoms with E-state index in [4.69, 9.17) is 4.74 Å². The maximum Gasteiger partial charge on any atom is 0.130 e. The Bertz CT molecular complexity index is 647. The molecule has 20 heavy (non-hydrogen) atoms. The molecule has 2 nitrogen and oxygen atoms in total. The summed E-state index contributed by atoms with van der Waals surface area (Å²) in [5.74, 6) is 1.94. The van der Waals surface area contributed by atoms with Gasteiger partial charge < -0.3 is 10.1 Å². The van der Waals surface area contributed by atoms with Crippen LogP contribution in [0, 0.1) is 12.8 Å². The van der Waals surface area contributed by atoms with Gasteiger partial charge in [-0.05, 0) is 62.3 Å². The van der Waals surface area contributed by atoms with Crippen LogP contribution < -0.4 is 10.1 Å². The SMILES string of the molecule is CC1=CCC2[C@@H]3Cc4ccc(C)c5c4[C@]2(CCN3)[C@@H]1O5. The fourth-order valence-corrected chi connectivity index (χ4v) is 5.45. The highest BCUT2D eigenvalue weighted by molar-refractivity contribution is 5.59. The van der Waals surface area contributed by atoms with Crippen LogP contribution in [0.5, 0.6) is 5.75 Å². The molecule has 1 fully saturated rings. The minimum Gasteiger partial charge on any atom is -0.485 e. The fraction of sp³-hybridized carbons (Fsp3) is 0.556. The molecule has 2 aliphatic heterocycles. The van der Waals surface area contributed by atoms with Crippen LogP contribution in [0.25, 0.3) is 0 Å². The standard InChI is InChI=1S/C18H21NO/c1-10-3-5-12-9-14-13-6-4-11(2)17-18(13,7-8-19-14)15(12)16(10)20-17/h3-5,13-14,17,19H,6-9H2,1-2H3/t13?,14-,17+,18+/m0/s1. The van der Waals surface area contributed by atoms with Gasteiger partial charge in [-0.2, -0.15) is 0 Å². The molecule has 1 aromatic carbocycles. The normalized spacial score (nSPS) is 39.9. The zero-order chi connectivity index (χ0) is 13.5. The lowest BCUT2D eigenvalue weighted by molar-refractivity contribution is 0.0518. The first-order valence-electron chi connectivity index (χ1n) is 7.91. The fourth-order valence-electron chi connectivity index (χ4n) is 5.45. The van der Waals surface area contributed by atoms with Gasteiger partial charge in [0.2, 0.25) is 0 Å². The average Bonchev–Trinajstić information content (AvgIpc) is 2.78. The molecule has 2 aliphatic carbocycles. The van der Waals surface area contributed by atoms with Crippen molar-refractivity contribution in [1.82, 2.24) is 5.32 Å². The van der Waals surface area contributed by atoms with Crippen molar-refractivity contribution >= 4 is 0 Å². The molecule has 1 spiro atoms. The number of piperidine rings is 1. The number of rotatable bonds is 0. The van der Waals surface area contributed by atoms with Crippen molar-refractivity contribution < 1.29 is 4.74 Å². The zero-order valence-corrected chi connectivity index (χ0v) is 12.2. The molecule has 1 saturated heterocycles. The van der Waals surface area contributed by atoms with Gasteiger partial charge in [-0.15, -0.1) is 0 Å². The van der Waals surface area contributed by atoms with E-state index >= 15 is 0 Å². The van der Waals surface area contributed by atoms with E-state index in [1.807, 2.05) is 0 Å². The summed E-state index contributed by atoms with van der Waals surface area (Å²) in [6.45, 7) is 5.61. The molecule has 4 aliphatic rings. The molecule has 2 heteroatoms. The Labute approximate surface area is 120 Å². The van der Waals surface area contributed by atoms with Gasteiger partial charge in [0.05, 0.1) is 0 Å². The van der Waals surface area contributed by atoms with Gasteiger partial charge in [-0.3, -0.25) is 0 Å². The highest BCUT2D eigenvalue weighted by Crippen LogP contribution is 2.61. The van der Waals surface area contributed by atoms with Gasteiger partial charge in [0.15, 0.2) is 0 Å². The largest absolute Gasteiger partial charge is 0.485 e. The van der Waals surface area contributed by atoms with E-state index in [1.54, 1.807) is 5.56 Å². The quantitative estimate of drug-likeness (QED) is 0.730. The molecule has 1 unspecified atom stereocenters. The highest BCUT2D eigenvalue weighted by atomic mass is 16.5. The number of ether oxygens (including phenoxy) is 1. The van der Waals surface area contributed by atoms with Crippen LogP contribution in [0.1, 0.15) is 36.5 Å². The van der Waals surface area contributed by atoms with Crippen molar-refractivity contribution in [3.63, 3.8) is 0 Å². The van der Waals surface area contributed by atoms with Crippen LogP contribution >= 0.6 is 0 Å². The predicted molar refractivity (Wildman–Crippen MR) is 79.2 cm³/mol. The molecule has 2 bridgehead atoms. The van der Waals surface area contributed by atoms with Crippen molar-refractivity contribution in [1.29, 1.82) is 0 Å². The first-order valence-corrected chi connectivity index (χ1v) is 7.91. The Balaban J connectivity index is 1.87. The lowest BCUT2D eigenvalue weighted by atomic mass is 9.52. The van der Waals surface area contributed by atoms with Crippen molar-refractivity contribution in [2.24, 2.45) is 5.92 Å². The van der Waals surface area contributed by atoms with Gasteiger partial charge in [0.25, 0.3) is 0 Å². The molecule has 104 valence electrons. The van der Waals surface area contributed by atoms with Gasteiger partial charge in [0.1, 0.15) is 11.9 Å². The summed E-state index contributed by atoms with van der Waals surface area (Å²) in [6.07, 6.45) is 6.35. The summed E-state index contributed by atoms with van der Waals surface area (Å²) in [4.78, 5) is 0. The van der Waals surface area contributed by atoms with Crippen molar-refractivity contribution in [2.75, 3.05) is 6.54 Å². The third kappa shape index (κ3) is 1.08. The summed E-state index contributed by atoms with van der Waals surface area (Å²) >= 11 is 0. The zero-order valence-electron chi connectivity index (χ0n) is 12.2. The van der Waals surface area contributed by atoms with E-state index in [0.29, 0.717) is 12.1 Å². The number of benzene rings is 1. The third-order valence-electron chi connectivity index (χ3n) is 6.25.